The Morgan fingerprint density at radius 1 is 0.917 bits per heavy atom. The van der Waals surface area contributed by atoms with Crippen molar-refractivity contribution in [2.75, 3.05) is 6.61 Å². The van der Waals surface area contributed by atoms with Crippen LogP contribution in [0.1, 0.15) is 120 Å². The Morgan fingerprint density at radius 3 is 2.06 bits per heavy atom. The fraction of sp³-hybridized carbons (Fsp3) is 0.750. The number of fused-ring (bicyclic) bond motifs is 1. The molecule has 0 heterocycles. The lowest BCUT2D eigenvalue weighted by Gasteiger charge is -2.60. The number of rotatable bonds is 11. The number of allylic oxidation sites excluding steroid dienone is 5. The minimum absolute atomic E-state index is 0.0196. The summed E-state index contributed by atoms with van der Waals surface area (Å²) in [7, 11) is 0. The van der Waals surface area contributed by atoms with Crippen molar-refractivity contribution in [2.24, 2.45) is 22.7 Å². The fourth-order valence-electron chi connectivity index (χ4n) is 7.03. The number of ether oxygens (including phenoxy) is 1. The minimum atomic E-state index is -0.658. The van der Waals surface area contributed by atoms with Gasteiger partial charge in [0.15, 0.2) is 0 Å². The maximum Gasteiger partial charge on any atom is 0.302 e. The topological polar surface area (TPSA) is 63.6 Å². The van der Waals surface area contributed by atoms with E-state index in [4.69, 9.17) is 4.74 Å². The molecule has 4 atom stereocenters. The van der Waals surface area contributed by atoms with Crippen LogP contribution in [0, 0.1) is 22.7 Å². The number of esters is 1. The third-order valence-electron chi connectivity index (χ3n) is 9.28. The first-order valence-corrected chi connectivity index (χ1v) is 14.1. The van der Waals surface area contributed by atoms with E-state index in [1.165, 1.54) is 18.1 Å². The predicted octanol–water partition coefficient (Wildman–Crippen LogP) is 7.90. The van der Waals surface area contributed by atoms with Gasteiger partial charge in [0, 0.05) is 18.8 Å². The van der Waals surface area contributed by atoms with Crippen LogP contribution in [0.5, 0.6) is 0 Å². The molecular formula is C32H52O4. The van der Waals surface area contributed by atoms with Crippen LogP contribution in [0.25, 0.3) is 0 Å². The third kappa shape index (κ3) is 7.91. The molecule has 0 aromatic carbocycles. The second-order valence-electron chi connectivity index (χ2n) is 12.7. The molecule has 4 nitrogen and oxygen atoms in total. The van der Waals surface area contributed by atoms with Crippen molar-refractivity contribution in [2.45, 2.75) is 125 Å². The number of Topliss-reactive ketones (excluding diaryl/α,β-unsaturated/α-hetero) is 1. The molecule has 0 radical (unpaired) electrons. The Labute approximate surface area is 220 Å². The summed E-state index contributed by atoms with van der Waals surface area (Å²) in [5.41, 5.74) is 2.98. The molecule has 2 rings (SSSR count). The molecule has 2 fully saturated rings. The van der Waals surface area contributed by atoms with Gasteiger partial charge in [-0.05, 0) is 108 Å². The van der Waals surface area contributed by atoms with E-state index in [0.29, 0.717) is 24.7 Å². The summed E-state index contributed by atoms with van der Waals surface area (Å²) in [6.07, 6.45) is 16.2. The molecule has 4 heteroatoms. The number of hydrogen-bond acceptors (Lipinski definition) is 4. The van der Waals surface area contributed by atoms with Crippen molar-refractivity contribution in [1.29, 1.82) is 0 Å². The van der Waals surface area contributed by atoms with E-state index in [0.717, 1.165) is 63.4 Å². The Balaban J connectivity index is 1.86. The smallest absolute Gasteiger partial charge is 0.302 e. The normalized spacial score (nSPS) is 31.2. The monoisotopic (exact) mass is 500 g/mol. The zero-order valence-corrected chi connectivity index (χ0v) is 24.3. The van der Waals surface area contributed by atoms with E-state index in [-0.39, 0.29) is 22.7 Å². The van der Waals surface area contributed by atoms with Crippen molar-refractivity contribution in [3.63, 3.8) is 0 Å². The van der Waals surface area contributed by atoms with E-state index in [9.17, 15) is 14.7 Å². The van der Waals surface area contributed by atoms with Gasteiger partial charge in [-0.25, -0.2) is 0 Å². The highest BCUT2D eigenvalue weighted by atomic mass is 16.5. The maximum atomic E-state index is 12.7. The number of carbonyl (C=O) groups is 2. The lowest BCUT2D eigenvalue weighted by atomic mass is 9.45. The van der Waals surface area contributed by atoms with Crippen LogP contribution in [0.15, 0.2) is 34.9 Å². The van der Waals surface area contributed by atoms with Crippen LogP contribution in [0.4, 0.5) is 0 Å². The van der Waals surface area contributed by atoms with Crippen molar-refractivity contribution in [1.82, 2.24) is 0 Å². The standard InChI is InChI=1S/C32H52O4/c1-23(14-10-16-25(3)22-36-26(4)33)12-9-13-24(2)15-11-17-28-31(7)20-19-29(34)30(5,6)27(31)18-21-32(28,8)35/h12,15-16,27-28,35H,9-11,13-14,17-22H2,1-8H3/b23-12+,24-15+,25-16+/t27?,28-,31+,32-/m1/s1. The number of ketones is 1. The highest BCUT2D eigenvalue weighted by Crippen LogP contribution is 2.62. The van der Waals surface area contributed by atoms with Gasteiger partial charge in [-0.2, -0.15) is 0 Å². The molecule has 2 aliphatic carbocycles. The van der Waals surface area contributed by atoms with Gasteiger partial charge in [0.2, 0.25) is 0 Å². The van der Waals surface area contributed by atoms with Gasteiger partial charge < -0.3 is 9.84 Å². The predicted molar refractivity (Wildman–Crippen MR) is 149 cm³/mol. The zero-order valence-electron chi connectivity index (χ0n) is 24.3. The molecule has 0 saturated heterocycles. The molecule has 0 amide bonds. The molecule has 204 valence electrons. The van der Waals surface area contributed by atoms with Crippen molar-refractivity contribution >= 4 is 11.8 Å². The molecule has 2 saturated carbocycles. The van der Waals surface area contributed by atoms with Gasteiger partial charge in [0.25, 0.3) is 0 Å². The van der Waals surface area contributed by atoms with Gasteiger partial charge in [-0.15, -0.1) is 0 Å². The molecule has 0 aromatic rings. The first kappa shape index (κ1) is 30.5. The van der Waals surface area contributed by atoms with Gasteiger partial charge in [0.05, 0.1) is 5.60 Å². The molecule has 0 aromatic heterocycles. The van der Waals surface area contributed by atoms with Crippen LogP contribution < -0.4 is 0 Å². The van der Waals surface area contributed by atoms with Crippen LogP contribution >= 0.6 is 0 Å². The lowest BCUT2D eigenvalue weighted by molar-refractivity contribution is -0.177. The Bertz CT molecular complexity index is 873. The SMILES string of the molecule is CC(=O)OC/C(C)=C/CC/C(C)=C/CC/C(C)=C/CC[C@@H]1[C@@]2(C)CCC(=O)C(C)(C)C2CC[C@@]1(C)O. The highest BCUT2D eigenvalue weighted by molar-refractivity contribution is 5.85. The van der Waals surface area contributed by atoms with Crippen molar-refractivity contribution in [3.05, 3.63) is 34.9 Å². The highest BCUT2D eigenvalue weighted by Gasteiger charge is 2.59. The van der Waals surface area contributed by atoms with Crippen molar-refractivity contribution in [3.8, 4) is 0 Å². The van der Waals surface area contributed by atoms with Gasteiger partial charge in [-0.3, -0.25) is 9.59 Å². The van der Waals surface area contributed by atoms with Gasteiger partial charge >= 0.3 is 5.97 Å². The van der Waals surface area contributed by atoms with Crippen LogP contribution in [-0.2, 0) is 14.3 Å². The number of aliphatic hydroxyl groups is 1. The molecule has 1 unspecified atom stereocenters. The summed E-state index contributed by atoms with van der Waals surface area (Å²) >= 11 is 0. The summed E-state index contributed by atoms with van der Waals surface area (Å²) in [6.45, 7) is 16.9. The van der Waals surface area contributed by atoms with Crippen LogP contribution in [0.3, 0.4) is 0 Å². The van der Waals surface area contributed by atoms with Gasteiger partial charge in [0.1, 0.15) is 12.4 Å². The maximum absolute atomic E-state index is 12.7. The number of carbonyl (C=O) groups excluding carboxylic acids is 2. The molecule has 2 aliphatic rings. The molecule has 0 aliphatic heterocycles. The van der Waals surface area contributed by atoms with Crippen molar-refractivity contribution < 1.29 is 19.4 Å². The summed E-state index contributed by atoms with van der Waals surface area (Å²) in [6, 6.07) is 0. The molecule has 0 spiro atoms. The molecule has 0 bridgehead atoms. The first-order valence-electron chi connectivity index (χ1n) is 14.1. The van der Waals surface area contributed by atoms with E-state index >= 15 is 0 Å². The zero-order chi connectivity index (χ0) is 27.1. The molecular weight excluding hydrogens is 448 g/mol. The van der Waals surface area contributed by atoms with E-state index in [1.54, 1.807) is 0 Å². The Hall–Kier alpha value is -1.68. The summed E-state index contributed by atoms with van der Waals surface area (Å²) in [5.74, 6) is 0.742. The second-order valence-corrected chi connectivity index (χ2v) is 12.7. The molecule has 36 heavy (non-hydrogen) atoms. The van der Waals surface area contributed by atoms with E-state index in [1.807, 2.05) is 13.8 Å². The minimum Gasteiger partial charge on any atom is -0.461 e. The Morgan fingerprint density at radius 2 is 1.47 bits per heavy atom. The van der Waals surface area contributed by atoms with Crippen LogP contribution in [-0.4, -0.2) is 29.1 Å². The fourth-order valence-corrected chi connectivity index (χ4v) is 7.03. The summed E-state index contributed by atoms with van der Waals surface area (Å²) in [4.78, 5) is 23.6. The Kier molecular flexibility index (Phi) is 10.8. The van der Waals surface area contributed by atoms with Crippen LogP contribution in [0.2, 0.25) is 0 Å². The first-order chi connectivity index (χ1) is 16.7. The molecule has 1 N–H and O–H groups in total. The third-order valence-corrected chi connectivity index (χ3v) is 9.28. The average Bonchev–Trinajstić information content (AvgIpc) is 2.77. The van der Waals surface area contributed by atoms with Gasteiger partial charge in [-0.1, -0.05) is 50.1 Å². The summed E-state index contributed by atoms with van der Waals surface area (Å²) in [5, 5.41) is 11.4. The average molecular weight is 501 g/mol. The largest absolute Gasteiger partial charge is 0.461 e. The second kappa shape index (κ2) is 12.7. The van der Waals surface area contributed by atoms with E-state index < -0.39 is 5.60 Å². The summed E-state index contributed by atoms with van der Waals surface area (Å²) < 4.78 is 5.02. The number of hydrogen-bond donors (Lipinski definition) is 1. The lowest BCUT2D eigenvalue weighted by Crippen LogP contribution is -2.59. The van der Waals surface area contributed by atoms with E-state index in [2.05, 4.69) is 52.8 Å². The quantitative estimate of drug-likeness (QED) is 0.231.